The lowest BCUT2D eigenvalue weighted by atomic mass is 10.2. The van der Waals surface area contributed by atoms with Crippen LogP contribution >= 0.6 is 0 Å². The second-order valence-corrected chi connectivity index (χ2v) is 7.62. The highest BCUT2D eigenvalue weighted by Gasteiger charge is 2.34. The molecule has 1 aliphatic rings. The first kappa shape index (κ1) is 23.3. The molecule has 0 aromatic carbocycles. The number of hydrogen-bond donors (Lipinski definition) is 2. The van der Waals surface area contributed by atoms with Gasteiger partial charge in [0.15, 0.2) is 0 Å². The SMILES string of the molecule is C/C=C\C(=N/C(C)N1C[C@H](CO)OC1=O)c1nnn(CCNC(=O)OC(C)(C)C)n1. The monoisotopic (exact) mass is 423 g/mol. The third-order valence-electron chi connectivity index (χ3n) is 3.87. The molecule has 2 N–H and O–H groups in total. The number of aliphatic hydroxyl groups is 1. The molecule has 1 fully saturated rings. The van der Waals surface area contributed by atoms with Crippen LogP contribution in [0.2, 0.25) is 0 Å². The van der Waals surface area contributed by atoms with Crippen molar-refractivity contribution in [2.24, 2.45) is 4.99 Å². The van der Waals surface area contributed by atoms with Gasteiger partial charge in [-0.05, 0) is 45.9 Å². The molecule has 1 saturated heterocycles. The summed E-state index contributed by atoms with van der Waals surface area (Å²) in [7, 11) is 0. The Hall–Kier alpha value is -3.02. The quantitative estimate of drug-likeness (QED) is 0.582. The zero-order chi connectivity index (χ0) is 22.3. The van der Waals surface area contributed by atoms with Gasteiger partial charge in [0.05, 0.1) is 19.7 Å². The molecule has 1 aromatic heterocycles. The standard InChI is InChI=1S/C18H29N7O5/c1-6-7-14(20-12(2)24-10-13(11-26)29-17(24)28)15-21-23-25(22-15)9-8-19-16(27)30-18(3,4)5/h6-7,12-13,26H,8-11H2,1-5H3,(H,19,27)/b7-6-,20-14+/t12?,13-/m1/s1. The molecule has 0 aliphatic carbocycles. The summed E-state index contributed by atoms with van der Waals surface area (Å²) in [6.07, 6.45) is 1.33. The Morgan fingerprint density at radius 2 is 2.23 bits per heavy atom. The summed E-state index contributed by atoms with van der Waals surface area (Å²) in [5.74, 6) is 0.281. The second-order valence-electron chi connectivity index (χ2n) is 7.62. The number of carbonyl (C=O) groups is 2. The molecule has 1 unspecified atom stereocenters. The highest BCUT2D eigenvalue weighted by molar-refractivity contribution is 6.05. The molecule has 2 amide bonds. The van der Waals surface area contributed by atoms with E-state index in [1.165, 1.54) is 9.70 Å². The van der Waals surface area contributed by atoms with Crippen LogP contribution in [-0.2, 0) is 16.0 Å². The molecule has 1 aromatic rings. The highest BCUT2D eigenvalue weighted by Crippen LogP contribution is 2.15. The molecule has 0 radical (unpaired) electrons. The van der Waals surface area contributed by atoms with Gasteiger partial charge in [0.1, 0.15) is 23.6 Å². The van der Waals surface area contributed by atoms with Gasteiger partial charge in [-0.15, -0.1) is 10.2 Å². The maximum absolute atomic E-state index is 11.9. The van der Waals surface area contributed by atoms with Crippen molar-refractivity contribution in [2.75, 3.05) is 19.7 Å². The summed E-state index contributed by atoms with van der Waals surface area (Å²) >= 11 is 0. The normalized spacial score (nSPS) is 18.6. The van der Waals surface area contributed by atoms with Crippen molar-refractivity contribution in [3.8, 4) is 0 Å². The molecule has 2 atom stereocenters. The van der Waals surface area contributed by atoms with E-state index in [0.29, 0.717) is 12.3 Å². The first-order valence-corrected chi connectivity index (χ1v) is 9.66. The number of tetrazole rings is 1. The zero-order valence-electron chi connectivity index (χ0n) is 17.9. The van der Waals surface area contributed by atoms with Gasteiger partial charge in [0.2, 0.25) is 5.82 Å². The number of aliphatic hydroxyl groups excluding tert-OH is 1. The number of nitrogens with zero attached hydrogens (tertiary/aromatic N) is 6. The van der Waals surface area contributed by atoms with E-state index in [9.17, 15) is 14.7 Å². The lowest BCUT2D eigenvalue weighted by Crippen LogP contribution is -2.34. The summed E-state index contributed by atoms with van der Waals surface area (Å²) < 4.78 is 10.2. The Morgan fingerprint density at radius 1 is 1.50 bits per heavy atom. The fourth-order valence-electron chi connectivity index (χ4n) is 2.56. The van der Waals surface area contributed by atoms with Gasteiger partial charge >= 0.3 is 12.2 Å². The number of amides is 2. The third-order valence-corrected chi connectivity index (χ3v) is 3.87. The van der Waals surface area contributed by atoms with Gasteiger partial charge < -0.3 is 19.9 Å². The molecular formula is C18H29N7O5. The van der Waals surface area contributed by atoms with E-state index in [0.717, 1.165) is 0 Å². The van der Waals surface area contributed by atoms with Gasteiger partial charge in [-0.1, -0.05) is 6.08 Å². The minimum Gasteiger partial charge on any atom is -0.444 e. The fourth-order valence-corrected chi connectivity index (χ4v) is 2.56. The van der Waals surface area contributed by atoms with Crippen LogP contribution in [0.5, 0.6) is 0 Å². The second kappa shape index (κ2) is 10.1. The minimum atomic E-state index is -0.573. The van der Waals surface area contributed by atoms with Crippen molar-refractivity contribution in [3.05, 3.63) is 18.0 Å². The Labute approximate surface area is 174 Å². The molecule has 12 nitrogen and oxygen atoms in total. The molecule has 0 bridgehead atoms. The van der Waals surface area contributed by atoms with E-state index in [-0.39, 0.29) is 25.5 Å². The van der Waals surface area contributed by atoms with Crippen molar-refractivity contribution < 1.29 is 24.2 Å². The molecule has 0 saturated carbocycles. The average molecular weight is 423 g/mol. The number of alkyl carbamates (subject to hydrolysis) is 1. The first-order chi connectivity index (χ1) is 14.1. The van der Waals surface area contributed by atoms with Crippen LogP contribution in [0.3, 0.4) is 0 Å². The summed E-state index contributed by atoms with van der Waals surface area (Å²) in [4.78, 5) is 30.9. The van der Waals surface area contributed by atoms with Crippen LogP contribution in [-0.4, -0.2) is 85.7 Å². The van der Waals surface area contributed by atoms with E-state index in [1.54, 1.807) is 39.8 Å². The lowest BCUT2D eigenvalue weighted by molar-refractivity contribution is 0.0525. The van der Waals surface area contributed by atoms with Crippen LogP contribution < -0.4 is 5.32 Å². The van der Waals surface area contributed by atoms with Gasteiger partial charge in [-0.2, -0.15) is 4.80 Å². The summed E-state index contributed by atoms with van der Waals surface area (Å²) in [6, 6.07) is 0. The van der Waals surface area contributed by atoms with Crippen LogP contribution in [0.25, 0.3) is 0 Å². The van der Waals surface area contributed by atoms with E-state index in [4.69, 9.17) is 9.47 Å². The average Bonchev–Trinajstić information content (AvgIpc) is 3.26. The van der Waals surface area contributed by atoms with Gasteiger partial charge in [-0.3, -0.25) is 9.89 Å². The Bertz CT molecular complexity index is 799. The Balaban J connectivity index is 2.00. The first-order valence-electron chi connectivity index (χ1n) is 9.66. The predicted molar refractivity (Wildman–Crippen MR) is 107 cm³/mol. The lowest BCUT2D eigenvalue weighted by Gasteiger charge is -2.19. The Kier molecular flexibility index (Phi) is 7.86. The molecular weight excluding hydrogens is 394 g/mol. The molecule has 30 heavy (non-hydrogen) atoms. The van der Waals surface area contributed by atoms with Crippen LogP contribution in [0.4, 0.5) is 9.59 Å². The number of carbonyl (C=O) groups excluding carboxylic acids is 2. The summed E-state index contributed by atoms with van der Waals surface area (Å²) in [5.41, 5.74) is -0.132. The van der Waals surface area contributed by atoms with Crippen LogP contribution in [0.15, 0.2) is 17.1 Å². The van der Waals surface area contributed by atoms with Gasteiger partial charge in [0, 0.05) is 6.54 Å². The maximum atomic E-state index is 11.9. The number of aromatic nitrogens is 4. The van der Waals surface area contributed by atoms with Gasteiger partial charge in [0.25, 0.3) is 0 Å². The van der Waals surface area contributed by atoms with E-state index >= 15 is 0 Å². The topological polar surface area (TPSA) is 144 Å². The molecule has 166 valence electrons. The highest BCUT2D eigenvalue weighted by atomic mass is 16.6. The van der Waals surface area contributed by atoms with E-state index < -0.39 is 30.1 Å². The van der Waals surface area contributed by atoms with Crippen molar-refractivity contribution >= 4 is 17.9 Å². The number of aliphatic imine (C=N–C) groups is 1. The number of allylic oxidation sites excluding steroid dienone is 2. The third kappa shape index (κ3) is 6.79. The number of ether oxygens (including phenoxy) is 2. The van der Waals surface area contributed by atoms with Crippen molar-refractivity contribution in [3.63, 3.8) is 0 Å². The van der Waals surface area contributed by atoms with Crippen molar-refractivity contribution in [2.45, 2.75) is 59.0 Å². The molecule has 2 rings (SSSR count). The Morgan fingerprint density at radius 3 is 2.83 bits per heavy atom. The van der Waals surface area contributed by atoms with Crippen LogP contribution in [0, 0.1) is 0 Å². The summed E-state index contributed by atoms with van der Waals surface area (Å²) in [6.45, 7) is 9.47. The predicted octanol–water partition coefficient (Wildman–Crippen LogP) is 0.722. The maximum Gasteiger partial charge on any atom is 0.412 e. The number of rotatable bonds is 8. The summed E-state index contributed by atoms with van der Waals surface area (Å²) in [5, 5.41) is 24.0. The van der Waals surface area contributed by atoms with E-state index in [2.05, 4.69) is 25.7 Å². The van der Waals surface area contributed by atoms with Crippen LogP contribution in [0.1, 0.15) is 40.4 Å². The zero-order valence-corrected chi connectivity index (χ0v) is 17.9. The molecule has 12 heteroatoms. The fraction of sp³-hybridized carbons (Fsp3) is 0.667. The van der Waals surface area contributed by atoms with E-state index in [1.807, 2.05) is 6.92 Å². The smallest absolute Gasteiger partial charge is 0.412 e. The molecule has 0 spiro atoms. The van der Waals surface area contributed by atoms with Crippen molar-refractivity contribution in [1.29, 1.82) is 0 Å². The number of cyclic esters (lactones) is 1. The largest absolute Gasteiger partial charge is 0.444 e. The van der Waals surface area contributed by atoms with Crippen molar-refractivity contribution in [1.82, 2.24) is 30.4 Å². The molecule has 1 aliphatic heterocycles. The number of nitrogens with one attached hydrogen (secondary N) is 1. The minimum absolute atomic E-state index is 0.242. The molecule has 2 heterocycles. The van der Waals surface area contributed by atoms with Gasteiger partial charge in [-0.25, -0.2) is 9.59 Å². The number of hydrogen-bond acceptors (Lipinski definition) is 9.